The predicted molar refractivity (Wildman–Crippen MR) is 59.0 cm³/mol. The van der Waals surface area contributed by atoms with Crippen molar-refractivity contribution < 1.29 is 23.4 Å². The first kappa shape index (κ1) is 13.2. The highest BCUT2D eigenvalue weighted by Crippen LogP contribution is 2.27. The molecule has 2 N–H and O–H groups in total. The first-order valence-electron chi connectivity index (χ1n) is 4.91. The molecule has 0 aliphatic heterocycles. The van der Waals surface area contributed by atoms with Crippen LogP contribution in [0.3, 0.4) is 0 Å². The minimum atomic E-state index is -2.55. The minimum absolute atomic E-state index is 0.00904. The number of carboxylic acid groups (broad SMARTS) is 1. The summed E-state index contributed by atoms with van der Waals surface area (Å²) in [7, 11) is 1.38. The summed E-state index contributed by atoms with van der Waals surface area (Å²) >= 11 is 0. The highest BCUT2D eigenvalue weighted by atomic mass is 19.3. The van der Waals surface area contributed by atoms with Crippen LogP contribution in [0.15, 0.2) is 18.2 Å². The number of alkyl halides is 2. The van der Waals surface area contributed by atoms with E-state index in [1.165, 1.54) is 32.2 Å². The molecule has 17 heavy (non-hydrogen) atoms. The van der Waals surface area contributed by atoms with Gasteiger partial charge in [-0.1, -0.05) is 0 Å². The molecule has 0 aliphatic carbocycles. The summed E-state index contributed by atoms with van der Waals surface area (Å²) in [6.07, 6.45) is -2.55. The molecule has 0 spiro atoms. The van der Waals surface area contributed by atoms with Crippen LogP contribution < -0.4 is 10.1 Å². The number of carbonyl (C=O) groups is 1. The van der Waals surface area contributed by atoms with Crippen LogP contribution in [-0.4, -0.2) is 30.7 Å². The molecule has 0 aliphatic rings. The van der Waals surface area contributed by atoms with Gasteiger partial charge in [0.2, 0.25) is 0 Å². The maximum absolute atomic E-state index is 12.4. The van der Waals surface area contributed by atoms with Gasteiger partial charge in [-0.2, -0.15) is 0 Å². The van der Waals surface area contributed by atoms with Crippen molar-refractivity contribution in [2.75, 3.05) is 12.4 Å². The topological polar surface area (TPSA) is 58.6 Å². The Bertz CT molecular complexity index is 410. The number of anilines is 1. The first-order valence-corrected chi connectivity index (χ1v) is 4.91. The first-order chi connectivity index (χ1) is 7.95. The highest BCUT2D eigenvalue weighted by molar-refractivity contribution is 5.89. The van der Waals surface area contributed by atoms with E-state index in [9.17, 15) is 13.6 Å². The lowest BCUT2D eigenvalue weighted by Crippen LogP contribution is -2.24. The molecule has 1 aromatic carbocycles. The number of benzene rings is 1. The second-order valence-corrected chi connectivity index (χ2v) is 3.49. The van der Waals surface area contributed by atoms with Crippen LogP contribution in [0.25, 0.3) is 0 Å². The van der Waals surface area contributed by atoms with Crippen LogP contribution >= 0.6 is 0 Å². The van der Waals surface area contributed by atoms with Crippen molar-refractivity contribution in [2.45, 2.75) is 19.4 Å². The quantitative estimate of drug-likeness (QED) is 0.836. The number of rotatable bonds is 5. The van der Waals surface area contributed by atoms with Crippen molar-refractivity contribution in [1.82, 2.24) is 0 Å². The zero-order valence-corrected chi connectivity index (χ0v) is 9.41. The smallest absolute Gasteiger partial charge is 0.335 e. The molecule has 1 unspecified atom stereocenters. The molecule has 4 nitrogen and oxygen atoms in total. The number of nitrogens with one attached hydrogen (secondary N) is 1. The number of carboxylic acids is 1. The van der Waals surface area contributed by atoms with Crippen LogP contribution in [0.1, 0.15) is 17.3 Å². The molecule has 1 atom stereocenters. The number of aromatic carboxylic acids is 1. The molecule has 0 saturated carbocycles. The zero-order chi connectivity index (χ0) is 13.0. The van der Waals surface area contributed by atoms with Gasteiger partial charge in [-0.3, -0.25) is 0 Å². The van der Waals surface area contributed by atoms with E-state index in [4.69, 9.17) is 9.84 Å². The summed E-state index contributed by atoms with van der Waals surface area (Å²) in [5.74, 6) is -0.803. The molecule has 0 saturated heterocycles. The van der Waals surface area contributed by atoms with Gasteiger partial charge in [0.05, 0.1) is 24.4 Å². The number of hydrogen-bond donors (Lipinski definition) is 2. The van der Waals surface area contributed by atoms with Crippen LogP contribution in [0.5, 0.6) is 5.75 Å². The van der Waals surface area contributed by atoms with Gasteiger partial charge in [-0.15, -0.1) is 0 Å². The molecule has 1 aromatic rings. The summed E-state index contributed by atoms with van der Waals surface area (Å²) in [4.78, 5) is 10.8. The molecule has 6 heteroatoms. The van der Waals surface area contributed by atoms with Gasteiger partial charge in [-0.25, -0.2) is 13.6 Å². The minimum Gasteiger partial charge on any atom is -0.495 e. The Hall–Kier alpha value is -1.85. The molecular weight excluding hydrogens is 232 g/mol. The molecule has 0 radical (unpaired) electrons. The molecule has 1 rings (SSSR count). The van der Waals surface area contributed by atoms with Crippen molar-refractivity contribution in [1.29, 1.82) is 0 Å². The Labute approximate surface area is 97.2 Å². The molecule has 0 aromatic heterocycles. The largest absolute Gasteiger partial charge is 0.495 e. The average molecular weight is 245 g/mol. The van der Waals surface area contributed by atoms with E-state index in [0.717, 1.165) is 0 Å². The van der Waals surface area contributed by atoms with Gasteiger partial charge in [-0.05, 0) is 25.1 Å². The van der Waals surface area contributed by atoms with Crippen molar-refractivity contribution in [3.8, 4) is 5.75 Å². The van der Waals surface area contributed by atoms with Crippen LogP contribution in [0, 0.1) is 0 Å². The van der Waals surface area contributed by atoms with Gasteiger partial charge < -0.3 is 15.2 Å². The van der Waals surface area contributed by atoms with Crippen LogP contribution in [0.2, 0.25) is 0 Å². The Balaban J connectivity index is 3.02. The van der Waals surface area contributed by atoms with E-state index in [-0.39, 0.29) is 11.3 Å². The van der Waals surface area contributed by atoms with E-state index in [1.807, 2.05) is 0 Å². The predicted octanol–water partition coefficient (Wildman–Crippen LogP) is 2.46. The summed E-state index contributed by atoms with van der Waals surface area (Å²) in [5.41, 5.74) is 0.245. The summed E-state index contributed by atoms with van der Waals surface area (Å²) < 4.78 is 29.7. The van der Waals surface area contributed by atoms with Gasteiger partial charge in [0.25, 0.3) is 6.43 Å². The Morgan fingerprint density at radius 1 is 1.47 bits per heavy atom. The third-order valence-electron chi connectivity index (χ3n) is 2.21. The zero-order valence-electron chi connectivity index (χ0n) is 9.41. The third kappa shape index (κ3) is 3.30. The number of methoxy groups -OCH3 is 1. The highest BCUT2D eigenvalue weighted by Gasteiger charge is 2.17. The monoisotopic (exact) mass is 245 g/mol. The molecule has 0 fully saturated rings. The van der Waals surface area contributed by atoms with E-state index < -0.39 is 18.4 Å². The standard InChI is InChI=1S/C11H13F2NO3/c1-6(10(12)13)14-8-5-7(11(15)16)3-4-9(8)17-2/h3-6,10,14H,1-2H3,(H,15,16). The molecular formula is C11H13F2NO3. The van der Waals surface area contributed by atoms with E-state index in [0.29, 0.717) is 5.75 Å². The summed E-state index contributed by atoms with van der Waals surface area (Å²) in [6.45, 7) is 1.30. The summed E-state index contributed by atoms with van der Waals surface area (Å²) in [6, 6.07) is 2.94. The van der Waals surface area contributed by atoms with Gasteiger partial charge >= 0.3 is 5.97 Å². The SMILES string of the molecule is COc1ccc(C(=O)O)cc1NC(C)C(F)F. The fraction of sp³-hybridized carbons (Fsp3) is 0.364. The van der Waals surface area contributed by atoms with Crippen molar-refractivity contribution in [2.24, 2.45) is 0 Å². The Kier molecular flexibility index (Phi) is 4.25. The van der Waals surface area contributed by atoms with Gasteiger partial charge in [0.15, 0.2) is 0 Å². The normalized spacial score (nSPS) is 12.3. The summed E-state index contributed by atoms with van der Waals surface area (Å²) in [5, 5.41) is 11.3. The lowest BCUT2D eigenvalue weighted by Gasteiger charge is -2.17. The maximum Gasteiger partial charge on any atom is 0.335 e. The number of ether oxygens (including phenoxy) is 1. The number of halogens is 2. The lowest BCUT2D eigenvalue weighted by atomic mass is 10.1. The molecule has 94 valence electrons. The second-order valence-electron chi connectivity index (χ2n) is 3.49. The lowest BCUT2D eigenvalue weighted by molar-refractivity contribution is 0.0697. The van der Waals surface area contributed by atoms with Crippen LogP contribution in [-0.2, 0) is 0 Å². The number of hydrogen-bond acceptors (Lipinski definition) is 3. The van der Waals surface area contributed by atoms with Crippen molar-refractivity contribution in [3.05, 3.63) is 23.8 Å². The fourth-order valence-corrected chi connectivity index (χ4v) is 1.26. The van der Waals surface area contributed by atoms with Crippen LogP contribution in [0.4, 0.5) is 14.5 Å². The van der Waals surface area contributed by atoms with Gasteiger partial charge in [0.1, 0.15) is 5.75 Å². The van der Waals surface area contributed by atoms with Crippen molar-refractivity contribution in [3.63, 3.8) is 0 Å². The third-order valence-corrected chi connectivity index (χ3v) is 2.21. The fourth-order valence-electron chi connectivity index (χ4n) is 1.26. The second kappa shape index (κ2) is 5.47. The Morgan fingerprint density at radius 3 is 2.59 bits per heavy atom. The van der Waals surface area contributed by atoms with E-state index in [1.54, 1.807) is 0 Å². The van der Waals surface area contributed by atoms with E-state index in [2.05, 4.69) is 5.32 Å². The average Bonchev–Trinajstić information content (AvgIpc) is 2.28. The Morgan fingerprint density at radius 2 is 2.12 bits per heavy atom. The van der Waals surface area contributed by atoms with Crippen molar-refractivity contribution >= 4 is 11.7 Å². The molecule has 0 heterocycles. The molecule has 0 amide bonds. The maximum atomic E-state index is 12.4. The van der Waals surface area contributed by atoms with Gasteiger partial charge in [0, 0.05) is 0 Å². The van der Waals surface area contributed by atoms with E-state index >= 15 is 0 Å². The molecule has 0 bridgehead atoms.